The van der Waals surface area contributed by atoms with Gasteiger partial charge in [-0.2, -0.15) is 0 Å². The van der Waals surface area contributed by atoms with Gasteiger partial charge in [-0.1, -0.05) is 53.7 Å². The average Bonchev–Trinajstić information content (AvgIpc) is 2.49. The van der Waals surface area contributed by atoms with Gasteiger partial charge in [0, 0.05) is 6.42 Å². The van der Waals surface area contributed by atoms with Crippen LogP contribution in [0.4, 0.5) is 0 Å². The van der Waals surface area contributed by atoms with E-state index in [4.69, 9.17) is 14.9 Å². The van der Waals surface area contributed by atoms with E-state index in [1.807, 2.05) is 53.7 Å². The van der Waals surface area contributed by atoms with Gasteiger partial charge in [-0.3, -0.25) is 4.79 Å². The highest BCUT2D eigenvalue weighted by Gasteiger charge is 2.26. The Morgan fingerprint density at radius 3 is 1.80 bits per heavy atom. The number of aliphatic hydroxyl groups is 2. The second kappa shape index (κ2) is 8.19. The number of esters is 1. The van der Waals surface area contributed by atoms with E-state index in [-0.39, 0.29) is 17.3 Å². The first-order valence-corrected chi connectivity index (χ1v) is 8.68. The molecule has 0 unspecified atom stereocenters. The van der Waals surface area contributed by atoms with Gasteiger partial charge in [-0.25, -0.2) is 0 Å². The summed E-state index contributed by atoms with van der Waals surface area (Å²) in [6.07, 6.45) is -0.258. The number of benzene rings is 1. The van der Waals surface area contributed by atoms with Gasteiger partial charge in [-0.05, 0) is 33.9 Å². The second-order valence-electron chi connectivity index (χ2n) is 8.52. The molecule has 5 heteroatoms. The van der Waals surface area contributed by atoms with Crippen molar-refractivity contribution in [2.45, 2.75) is 71.3 Å². The smallest absolute Gasteiger partial charge is 0.306 e. The number of rotatable bonds is 6. The zero-order valence-electron chi connectivity index (χ0n) is 16.2. The van der Waals surface area contributed by atoms with E-state index in [9.17, 15) is 9.90 Å². The Bertz CT molecular complexity index is 554. The van der Waals surface area contributed by atoms with E-state index in [2.05, 4.69) is 0 Å². The zero-order chi connectivity index (χ0) is 19.4. The molecule has 0 radical (unpaired) electrons. The Labute approximate surface area is 150 Å². The quantitative estimate of drug-likeness (QED) is 0.685. The highest BCUT2D eigenvalue weighted by atomic mass is 16.6. The van der Waals surface area contributed by atoms with Gasteiger partial charge in [0.15, 0.2) is 0 Å². The van der Waals surface area contributed by atoms with Crippen LogP contribution in [0.2, 0.25) is 0 Å². The number of aryl methyl sites for hydroxylation is 1. The van der Waals surface area contributed by atoms with Crippen LogP contribution >= 0.6 is 0 Å². The topological polar surface area (TPSA) is 87.0 Å². The first-order chi connectivity index (χ1) is 11.4. The van der Waals surface area contributed by atoms with Crippen molar-refractivity contribution in [2.24, 2.45) is 0 Å². The summed E-state index contributed by atoms with van der Waals surface area (Å²) in [5.41, 5.74) is 2.21. The molecule has 0 heterocycles. The molecule has 0 fully saturated rings. The molecule has 0 aliphatic heterocycles. The number of ether oxygens (including phenoxy) is 1. The van der Waals surface area contributed by atoms with E-state index in [1.165, 1.54) is 0 Å². The van der Waals surface area contributed by atoms with Crippen LogP contribution in [-0.4, -0.2) is 40.6 Å². The van der Waals surface area contributed by atoms with Crippen molar-refractivity contribution >= 4 is 5.97 Å². The fourth-order valence-corrected chi connectivity index (χ4v) is 2.61. The van der Waals surface area contributed by atoms with Gasteiger partial charge in [0.1, 0.15) is 11.9 Å². The van der Waals surface area contributed by atoms with Crippen molar-refractivity contribution in [1.82, 2.24) is 0 Å². The summed E-state index contributed by atoms with van der Waals surface area (Å²) in [6, 6.07) is 3.88. The maximum Gasteiger partial charge on any atom is 0.306 e. The van der Waals surface area contributed by atoms with E-state index >= 15 is 0 Å². The van der Waals surface area contributed by atoms with Crippen LogP contribution in [-0.2, 0) is 26.8 Å². The number of aromatic hydroxyl groups is 1. The Hall–Kier alpha value is -1.59. The SMILES string of the molecule is CC(C)(C)c1cc(CCC(=O)OC(CO)CO)cc(C(C)(C)C)c1O. The molecule has 142 valence electrons. The Morgan fingerprint density at radius 1 is 1.00 bits per heavy atom. The summed E-state index contributed by atoms with van der Waals surface area (Å²) in [4.78, 5) is 11.9. The third kappa shape index (κ3) is 6.01. The molecule has 0 aliphatic rings. The molecule has 0 aliphatic carbocycles. The van der Waals surface area contributed by atoms with Crippen LogP contribution in [0, 0.1) is 0 Å². The predicted octanol–water partition coefficient (Wildman–Crippen LogP) is 2.82. The first-order valence-electron chi connectivity index (χ1n) is 8.68. The molecular weight excluding hydrogens is 320 g/mol. The summed E-state index contributed by atoms with van der Waals surface area (Å²) in [5.74, 6) is -0.150. The highest BCUT2D eigenvalue weighted by molar-refractivity contribution is 5.70. The minimum absolute atomic E-state index is 0.147. The monoisotopic (exact) mass is 352 g/mol. The number of hydrogen-bond donors (Lipinski definition) is 3. The van der Waals surface area contributed by atoms with E-state index in [1.54, 1.807) is 0 Å². The Balaban J connectivity index is 3.06. The van der Waals surface area contributed by atoms with Crippen LogP contribution in [0.3, 0.4) is 0 Å². The molecule has 0 bridgehead atoms. The standard InChI is InChI=1S/C20H32O5/c1-19(2,3)15-9-13(10-16(18(15)24)20(4,5)6)7-8-17(23)25-14(11-21)12-22/h9-10,14,21-22,24H,7-8,11-12H2,1-6H3. The maximum atomic E-state index is 11.9. The fourth-order valence-electron chi connectivity index (χ4n) is 2.61. The summed E-state index contributed by atoms with van der Waals surface area (Å²) >= 11 is 0. The molecule has 1 aromatic carbocycles. The lowest BCUT2D eigenvalue weighted by molar-refractivity contribution is -0.153. The van der Waals surface area contributed by atoms with Crippen molar-refractivity contribution in [1.29, 1.82) is 0 Å². The Morgan fingerprint density at radius 2 is 1.44 bits per heavy atom. The van der Waals surface area contributed by atoms with E-state index in [0.29, 0.717) is 12.2 Å². The van der Waals surface area contributed by atoms with Crippen molar-refractivity contribution in [3.05, 3.63) is 28.8 Å². The van der Waals surface area contributed by atoms with Gasteiger partial charge >= 0.3 is 5.97 Å². The van der Waals surface area contributed by atoms with Crippen molar-refractivity contribution in [2.75, 3.05) is 13.2 Å². The number of aliphatic hydroxyl groups excluding tert-OH is 2. The lowest BCUT2D eigenvalue weighted by Gasteiger charge is -2.28. The minimum Gasteiger partial charge on any atom is -0.507 e. The highest BCUT2D eigenvalue weighted by Crippen LogP contribution is 2.39. The zero-order valence-corrected chi connectivity index (χ0v) is 16.2. The fraction of sp³-hybridized carbons (Fsp3) is 0.650. The summed E-state index contributed by atoms with van der Waals surface area (Å²) in [6.45, 7) is 11.4. The number of phenolic OH excluding ortho intramolecular Hbond substituents is 1. The average molecular weight is 352 g/mol. The lowest BCUT2D eigenvalue weighted by atomic mass is 9.78. The van der Waals surface area contributed by atoms with E-state index < -0.39 is 25.3 Å². The van der Waals surface area contributed by atoms with Gasteiger partial charge in [0.05, 0.1) is 13.2 Å². The van der Waals surface area contributed by atoms with Crippen LogP contribution < -0.4 is 0 Å². The second-order valence-corrected chi connectivity index (χ2v) is 8.52. The van der Waals surface area contributed by atoms with E-state index in [0.717, 1.165) is 16.7 Å². The van der Waals surface area contributed by atoms with Crippen LogP contribution in [0.5, 0.6) is 5.75 Å². The summed E-state index contributed by atoms with van der Waals surface area (Å²) in [7, 11) is 0. The summed E-state index contributed by atoms with van der Waals surface area (Å²) in [5, 5.41) is 28.7. The van der Waals surface area contributed by atoms with Crippen molar-refractivity contribution < 1.29 is 24.9 Å². The molecule has 0 saturated carbocycles. The molecule has 5 nitrogen and oxygen atoms in total. The molecule has 1 rings (SSSR count). The largest absolute Gasteiger partial charge is 0.507 e. The predicted molar refractivity (Wildman–Crippen MR) is 97.9 cm³/mol. The van der Waals surface area contributed by atoms with Crippen molar-refractivity contribution in [3.8, 4) is 5.75 Å². The van der Waals surface area contributed by atoms with Crippen molar-refractivity contribution in [3.63, 3.8) is 0 Å². The number of hydrogen-bond acceptors (Lipinski definition) is 5. The molecule has 1 aromatic rings. The van der Waals surface area contributed by atoms with Gasteiger partial charge in [0.2, 0.25) is 0 Å². The molecular formula is C20H32O5. The third-order valence-electron chi connectivity index (χ3n) is 4.11. The Kier molecular flexibility index (Phi) is 7.03. The first kappa shape index (κ1) is 21.5. The number of phenols is 1. The molecule has 25 heavy (non-hydrogen) atoms. The number of carbonyl (C=O) groups is 1. The summed E-state index contributed by atoms with van der Waals surface area (Å²) < 4.78 is 5.00. The number of carbonyl (C=O) groups excluding carboxylic acids is 1. The van der Waals surface area contributed by atoms with Gasteiger partial charge < -0.3 is 20.1 Å². The van der Waals surface area contributed by atoms with Crippen LogP contribution in [0.1, 0.15) is 64.7 Å². The van der Waals surface area contributed by atoms with Crippen LogP contribution in [0.25, 0.3) is 0 Å². The minimum atomic E-state index is -0.873. The molecule has 0 atom stereocenters. The third-order valence-corrected chi connectivity index (χ3v) is 4.11. The molecule has 0 spiro atoms. The van der Waals surface area contributed by atoms with Gasteiger partial charge in [0.25, 0.3) is 0 Å². The van der Waals surface area contributed by atoms with Gasteiger partial charge in [-0.15, -0.1) is 0 Å². The molecule has 3 N–H and O–H groups in total. The lowest BCUT2D eigenvalue weighted by Crippen LogP contribution is -2.25. The normalized spacial score (nSPS) is 12.5. The van der Waals surface area contributed by atoms with Crippen LogP contribution in [0.15, 0.2) is 12.1 Å². The molecule has 0 saturated heterocycles. The molecule has 0 aromatic heterocycles. The molecule has 0 amide bonds. The maximum absolute atomic E-state index is 11.9.